The van der Waals surface area contributed by atoms with Crippen molar-refractivity contribution in [2.24, 2.45) is 0 Å². The van der Waals surface area contributed by atoms with Crippen LogP contribution in [0, 0.1) is 0 Å². The lowest BCUT2D eigenvalue weighted by molar-refractivity contribution is 0.281. The largest absolute Gasteiger partial charge is 0.430 e. The predicted molar refractivity (Wildman–Crippen MR) is 59.9 cm³/mol. The minimum atomic E-state index is -0.155. The Balaban J connectivity index is 2.84. The average Bonchev–Trinajstić information content (AvgIpc) is 2.47. The van der Waals surface area contributed by atoms with Crippen LogP contribution in [0.4, 0.5) is 0 Å². The molecule has 2 aromatic rings. The van der Waals surface area contributed by atoms with Gasteiger partial charge in [0.15, 0.2) is 5.58 Å². The Morgan fingerprint density at radius 2 is 2.36 bits per heavy atom. The monoisotopic (exact) mass is 293 g/mol. The fraction of sp³-hybridized carbons (Fsp3) is 0.125. The zero-order valence-corrected chi connectivity index (χ0v) is 10.0. The van der Waals surface area contributed by atoms with Crippen LogP contribution in [0.1, 0.15) is 5.56 Å². The van der Waals surface area contributed by atoms with E-state index >= 15 is 0 Å². The van der Waals surface area contributed by atoms with Gasteiger partial charge in [-0.05, 0) is 22.0 Å². The molecule has 1 aromatic heterocycles. The average molecular weight is 295 g/mol. The second-order valence-corrected chi connectivity index (χ2v) is 4.24. The van der Waals surface area contributed by atoms with Crippen molar-refractivity contribution in [3.05, 3.63) is 21.1 Å². The summed E-state index contributed by atoms with van der Waals surface area (Å²) < 4.78 is 5.85. The van der Waals surface area contributed by atoms with Crippen molar-refractivity contribution >= 4 is 51.3 Å². The van der Waals surface area contributed by atoms with Crippen molar-refractivity contribution in [1.82, 2.24) is 4.98 Å². The molecule has 0 aliphatic heterocycles. The first-order valence-electron chi connectivity index (χ1n) is 3.70. The van der Waals surface area contributed by atoms with Crippen molar-refractivity contribution in [1.29, 1.82) is 0 Å². The third-order valence-corrected chi connectivity index (χ3v) is 3.18. The van der Waals surface area contributed by atoms with Crippen LogP contribution in [0.25, 0.3) is 11.1 Å². The maximum absolute atomic E-state index is 9.07. The molecule has 1 aromatic carbocycles. The van der Waals surface area contributed by atoms with E-state index in [4.69, 9.17) is 21.1 Å². The Kier molecular flexibility index (Phi) is 2.74. The second-order valence-electron chi connectivity index (χ2n) is 2.65. The van der Waals surface area contributed by atoms with E-state index < -0.39 is 0 Å². The van der Waals surface area contributed by atoms with Gasteiger partial charge in [0, 0.05) is 10.6 Å². The van der Waals surface area contributed by atoms with E-state index in [2.05, 4.69) is 33.5 Å². The molecule has 0 aliphatic rings. The van der Waals surface area contributed by atoms with Crippen molar-refractivity contribution < 1.29 is 9.52 Å². The highest BCUT2D eigenvalue weighted by Crippen LogP contribution is 2.34. The molecule has 0 spiro atoms. The molecule has 0 amide bonds. The summed E-state index contributed by atoms with van der Waals surface area (Å²) in [5.74, 6) is 0. The van der Waals surface area contributed by atoms with E-state index in [9.17, 15) is 0 Å². The summed E-state index contributed by atoms with van der Waals surface area (Å²) in [6, 6.07) is 1.64. The summed E-state index contributed by atoms with van der Waals surface area (Å²) in [7, 11) is 0. The highest BCUT2D eigenvalue weighted by atomic mass is 79.9. The van der Waals surface area contributed by atoms with Crippen molar-refractivity contribution in [2.45, 2.75) is 11.8 Å². The Morgan fingerprint density at radius 3 is 3.00 bits per heavy atom. The third kappa shape index (κ3) is 1.54. The van der Waals surface area contributed by atoms with E-state index in [1.165, 1.54) is 0 Å². The van der Waals surface area contributed by atoms with E-state index in [0.29, 0.717) is 26.2 Å². The van der Waals surface area contributed by atoms with Gasteiger partial charge in [-0.15, -0.1) is 0 Å². The molecular formula is C8H5BrClNO2S. The zero-order chi connectivity index (χ0) is 10.3. The van der Waals surface area contributed by atoms with Crippen molar-refractivity contribution in [2.75, 3.05) is 0 Å². The number of oxazole rings is 1. The van der Waals surface area contributed by atoms with Crippen LogP contribution < -0.4 is 0 Å². The predicted octanol–water partition coefficient (Wildman–Crippen LogP) is 3.02. The van der Waals surface area contributed by atoms with Crippen molar-refractivity contribution in [3.8, 4) is 0 Å². The molecule has 0 fully saturated rings. The maximum atomic E-state index is 9.07. The number of aliphatic hydroxyl groups is 1. The number of nitrogens with zero attached hydrogens (tertiary/aromatic N) is 1. The van der Waals surface area contributed by atoms with Gasteiger partial charge in [0.2, 0.25) is 0 Å². The van der Waals surface area contributed by atoms with Gasteiger partial charge in [-0.25, -0.2) is 4.98 Å². The molecule has 0 unspecified atom stereocenters. The van der Waals surface area contributed by atoms with Gasteiger partial charge in [-0.1, -0.05) is 24.2 Å². The summed E-state index contributed by atoms with van der Waals surface area (Å²) in [5.41, 5.74) is 1.75. The van der Waals surface area contributed by atoms with Crippen LogP contribution in [-0.4, -0.2) is 10.1 Å². The van der Waals surface area contributed by atoms with Crippen LogP contribution in [-0.2, 0) is 6.61 Å². The number of hydrogen-bond acceptors (Lipinski definition) is 4. The number of rotatable bonds is 1. The molecular weight excluding hydrogens is 290 g/mol. The minimum absolute atomic E-state index is 0.155. The molecule has 0 radical (unpaired) electrons. The Labute approximate surface area is 98.6 Å². The highest BCUT2D eigenvalue weighted by Gasteiger charge is 2.14. The molecule has 0 atom stereocenters. The molecule has 1 N–H and O–H groups in total. The first-order chi connectivity index (χ1) is 6.63. The van der Waals surface area contributed by atoms with Gasteiger partial charge in [0.05, 0.1) is 11.1 Å². The summed E-state index contributed by atoms with van der Waals surface area (Å²) in [5, 5.41) is 9.79. The molecule has 2 rings (SSSR count). The van der Waals surface area contributed by atoms with Crippen LogP contribution >= 0.6 is 40.2 Å². The topological polar surface area (TPSA) is 46.3 Å². The van der Waals surface area contributed by atoms with Crippen LogP contribution in [0.5, 0.6) is 0 Å². The number of fused-ring (bicyclic) bond motifs is 1. The first-order valence-corrected chi connectivity index (χ1v) is 5.32. The maximum Gasteiger partial charge on any atom is 0.253 e. The second kappa shape index (κ2) is 3.73. The summed E-state index contributed by atoms with van der Waals surface area (Å²) in [6.45, 7) is -0.155. The number of aliphatic hydroxyl groups excluding tert-OH is 1. The minimum Gasteiger partial charge on any atom is -0.430 e. The van der Waals surface area contributed by atoms with E-state index in [0.717, 1.165) is 0 Å². The lowest BCUT2D eigenvalue weighted by Crippen LogP contribution is -1.87. The summed E-state index contributed by atoms with van der Waals surface area (Å²) in [4.78, 5) is 4.01. The Morgan fingerprint density at radius 1 is 1.64 bits per heavy atom. The molecule has 14 heavy (non-hydrogen) atoms. The lowest BCUT2D eigenvalue weighted by atomic mass is 10.2. The molecule has 6 heteroatoms. The first kappa shape index (κ1) is 10.3. The van der Waals surface area contributed by atoms with Gasteiger partial charge in [0.1, 0.15) is 5.52 Å². The molecule has 0 saturated carbocycles. The van der Waals surface area contributed by atoms with Gasteiger partial charge >= 0.3 is 0 Å². The SMILES string of the molecule is OCc1c(Cl)cc2nc(S)oc2c1Br. The van der Waals surface area contributed by atoms with Crippen LogP contribution in [0.15, 0.2) is 20.2 Å². The van der Waals surface area contributed by atoms with Gasteiger partial charge in [0.25, 0.3) is 5.22 Å². The van der Waals surface area contributed by atoms with Crippen LogP contribution in [0.3, 0.4) is 0 Å². The highest BCUT2D eigenvalue weighted by molar-refractivity contribution is 9.10. The fourth-order valence-corrected chi connectivity index (χ4v) is 2.36. The normalized spacial score (nSPS) is 11.1. The van der Waals surface area contributed by atoms with E-state index in [1.807, 2.05) is 0 Å². The molecule has 1 heterocycles. The summed E-state index contributed by atoms with van der Waals surface area (Å²) >= 11 is 13.2. The number of benzene rings is 1. The van der Waals surface area contributed by atoms with Gasteiger partial charge in [-0.3, -0.25) is 0 Å². The van der Waals surface area contributed by atoms with Crippen LogP contribution in [0.2, 0.25) is 5.02 Å². The smallest absolute Gasteiger partial charge is 0.253 e. The number of thiol groups is 1. The molecule has 0 saturated heterocycles. The summed E-state index contributed by atoms with van der Waals surface area (Å²) in [6.07, 6.45) is 0. The number of halogens is 2. The fourth-order valence-electron chi connectivity index (χ4n) is 1.17. The molecule has 74 valence electrons. The molecule has 3 nitrogen and oxygen atoms in total. The Bertz CT molecular complexity index is 500. The molecule has 0 aliphatic carbocycles. The van der Waals surface area contributed by atoms with E-state index in [1.54, 1.807) is 6.07 Å². The Hall–Kier alpha value is -0.230. The zero-order valence-electron chi connectivity index (χ0n) is 6.79. The lowest BCUT2D eigenvalue weighted by Gasteiger charge is -2.02. The number of aromatic nitrogens is 1. The third-order valence-electron chi connectivity index (χ3n) is 1.82. The van der Waals surface area contributed by atoms with Gasteiger partial charge in [-0.2, -0.15) is 0 Å². The number of hydrogen-bond donors (Lipinski definition) is 2. The molecule has 0 bridgehead atoms. The quantitative estimate of drug-likeness (QED) is 0.795. The van der Waals surface area contributed by atoms with Gasteiger partial charge < -0.3 is 9.52 Å². The standard InChI is InChI=1S/C8H5BrClNO2S/c9-6-3(2-12)4(10)1-5-7(6)13-8(14)11-5/h1,12H,2H2,(H,11,14). The van der Waals surface area contributed by atoms with Crippen molar-refractivity contribution in [3.63, 3.8) is 0 Å². The van der Waals surface area contributed by atoms with E-state index in [-0.39, 0.29) is 11.8 Å².